The van der Waals surface area contributed by atoms with Crippen LogP contribution in [0.3, 0.4) is 0 Å². The first-order valence-electron chi connectivity index (χ1n) is 9.70. The van der Waals surface area contributed by atoms with Gasteiger partial charge in [0.25, 0.3) is 5.91 Å². The van der Waals surface area contributed by atoms with E-state index in [0.29, 0.717) is 28.5 Å². The normalized spacial score (nSPS) is 13.5. The molecule has 158 valence electrons. The van der Waals surface area contributed by atoms with Gasteiger partial charge in [0.1, 0.15) is 28.7 Å². The highest BCUT2D eigenvalue weighted by Gasteiger charge is 2.28. The van der Waals surface area contributed by atoms with E-state index in [4.69, 9.17) is 4.74 Å². The van der Waals surface area contributed by atoms with E-state index in [0.717, 1.165) is 24.9 Å². The molecule has 2 N–H and O–H groups in total. The summed E-state index contributed by atoms with van der Waals surface area (Å²) in [7, 11) is 1.38. The number of ether oxygens (including phenoxy) is 1. The van der Waals surface area contributed by atoms with E-state index >= 15 is 0 Å². The molecule has 1 aromatic carbocycles. The Morgan fingerprint density at radius 3 is 2.81 bits per heavy atom. The van der Waals surface area contributed by atoms with Crippen LogP contribution >= 0.6 is 0 Å². The van der Waals surface area contributed by atoms with Gasteiger partial charge < -0.3 is 15.0 Å². The van der Waals surface area contributed by atoms with E-state index in [1.54, 1.807) is 6.92 Å². The Labute approximate surface area is 175 Å². The number of hydrogen-bond donors (Lipinski definition) is 2. The molecule has 0 saturated heterocycles. The van der Waals surface area contributed by atoms with Crippen molar-refractivity contribution in [3.63, 3.8) is 0 Å². The molecule has 1 aliphatic carbocycles. The van der Waals surface area contributed by atoms with E-state index in [-0.39, 0.29) is 16.9 Å². The fourth-order valence-corrected chi connectivity index (χ4v) is 3.49. The summed E-state index contributed by atoms with van der Waals surface area (Å²) < 4.78 is 34.8. The molecule has 31 heavy (non-hydrogen) atoms. The molecule has 1 amide bonds. The van der Waals surface area contributed by atoms with E-state index in [1.807, 2.05) is 0 Å². The van der Waals surface area contributed by atoms with Gasteiger partial charge in [-0.15, -0.1) is 10.2 Å². The van der Waals surface area contributed by atoms with E-state index in [9.17, 15) is 13.6 Å². The van der Waals surface area contributed by atoms with Crippen molar-refractivity contribution in [2.24, 2.45) is 0 Å². The lowest BCUT2D eigenvalue weighted by atomic mass is 10.1. The Hall–Kier alpha value is -3.82. The Bertz CT molecular complexity index is 1330. The number of rotatable bonds is 5. The zero-order chi connectivity index (χ0) is 21.7. The van der Waals surface area contributed by atoms with Crippen molar-refractivity contribution >= 4 is 17.1 Å². The number of carbonyl (C=O) groups excluding carboxylic acids is 1. The van der Waals surface area contributed by atoms with Crippen LogP contribution in [0.2, 0.25) is 0 Å². The van der Waals surface area contributed by atoms with Crippen LogP contribution in [0, 0.1) is 18.6 Å². The molecule has 0 bridgehead atoms. The van der Waals surface area contributed by atoms with Crippen LogP contribution in [-0.4, -0.2) is 37.8 Å². The molecule has 3 heterocycles. The quantitative estimate of drug-likeness (QED) is 0.507. The zero-order valence-corrected chi connectivity index (χ0v) is 16.7. The number of nitrogens with one attached hydrogen (secondary N) is 2. The van der Waals surface area contributed by atoms with Crippen molar-refractivity contribution in [3.05, 3.63) is 59.2 Å². The molecular weight excluding hydrogens is 406 g/mol. The van der Waals surface area contributed by atoms with E-state index in [2.05, 4.69) is 25.6 Å². The second-order valence-corrected chi connectivity index (χ2v) is 7.51. The average Bonchev–Trinajstić information content (AvgIpc) is 3.31. The lowest BCUT2D eigenvalue weighted by Crippen LogP contribution is -2.13. The number of aryl methyl sites for hydroxylation is 1. The van der Waals surface area contributed by atoms with Crippen LogP contribution in [0.25, 0.3) is 16.9 Å². The average molecular weight is 424 g/mol. The summed E-state index contributed by atoms with van der Waals surface area (Å²) in [5, 5.41) is 15.0. The van der Waals surface area contributed by atoms with Gasteiger partial charge in [-0.1, -0.05) is 0 Å². The van der Waals surface area contributed by atoms with E-state index < -0.39 is 17.5 Å². The van der Waals surface area contributed by atoms with Gasteiger partial charge in [-0.3, -0.25) is 4.79 Å². The third kappa shape index (κ3) is 3.39. The van der Waals surface area contributed by atoms with Crippen molar-refractivity contribution in [3.8, 4) is 17.1 Å². The molecule has 0 unspecified atom stereocenters. The first kappa shape index (κ1) is 19.2. The number of benzene rings is 1. The monoisotopic (exact) mass is 424 g/mol. The molecular formula is C21H18F2N6O2. The minimum Gasteiger partial charge on any atom is -0.494 e. The Morgan fingerprint density at radius 1 is 1.26 bits per heavy atom. The summed E-state index contributed by atoms with van der Waals surface area (Å²) in [6, 6.07) is 4.02. The summed E-state index contributed by atoms with van der Waals surface area (Å²) >= 11 is 0. The van der Waals surface area contributed by atoms with Gasteiger partial charge in [0.05, 0.1) is 30.6 Å². The van der Waals surface area contributed by atoms with Gasteiger partial charge in [0.15, 0.2) is 5.82 Å². The molecule has 0 radical (unpaired) electrons. The topological polar surface area (TPSA) is 97.2 Å². The number of fused-ring (bicyclic) bond motifs is 1. The molecule has 1 saturated carbocycles. The Kier molecular flexibility index (Phi) is 4.42. The van der Waals surface area contributed by atoms with Gasteiger partial charge in [0.2, 0.25) is 0 Å². The van der Waals surface area contributed by atoms with Crippen LogP contribution in [-0.2, 0) is 0 Å². The summed E-state index contributed by atoms with van der Waals surface area (Å²) in [4.78, 5) is 16.0. The Morgan fingerprint density at radius 2 is 2.06 bits per heavy atom. The molecule has 1 fully saturated rings. The highest BCUT2D eigenvalue weighted by molar-refractivity contribution is 6.10. The van der Waals surface area contributed by atoms with Gasteiger partial charge in [0, 0.05) is 17.7 Å². The van der Waals surface area contributed by atoms with Gasteiger partial charge in [-0.25, -0.2) is 13.3 Å². The third-order valence-electron chi connectivity index (χ3n) is 5.29. The van der Waals surface area contributed by atoms with Crippen LogP contribution in [0.5, 0.6) is 5.75 Å². The molecule has 3 aromatic heterocycles. The van der Waals surface area contributed by atoms with Crippen molar-refractivity contribution in [2.45, 2.75) is 25.7 Å². The van der Waals surface area contributed by atoms with Crippen molar-refractivity contribution in [1.29, 1.82) is 0 Å². The second kappa shape index (κ2) is 7.15. The number of nitrogens with zero attached hydrogens (tertiary/aromatic N) is 4. The molecule has 4 aromatic rings. The fraction of sp³-hybridized carbons (Fsp3) is 0.238. The summed E-state index contributed by atoms with van der Waals surface area (Å²) in [6.07, 6.45) is 4.56. The SMILES string of the molecule is COc1cc(F)cn2ncc(C(=O)Nc3cc(-c4nnc(C5CC5)[nH]4)c(F)cc3C)c12. The number of aromatic amines is 1. The number of amides is 1. The van der Waals surface area contributed by atoms with Crippen molar-refractivity contribution in [1.82, 2.24) is 24.8 Å². The number of H-pyrrole nitrogens is 1. The van der Waals surface area contributed by atoms with Crippen LogP contribution in [0.1, 0.15) is 40.5 Å². The van der Waals surface area contributed by atoms with Gasteiger partial charge >= 0.3 is 0 Å². The van der Waals surface area contributed by atoms with Crippen LogP contribution < -0.4 is 10.1 Å². The van der Waals surface area contributed by atoms with Crippen molar-refractivity contribution < 1.29 is 18.3 Å². The lowest BCUT2D eigenvalue weighted by Gasteiger charge is -2.11. The second-order valence-electron chi connectivity index (χ2n) is 7.51. The standard InChI is InChI=1S/C21H18F2N6O2/c1-10-5-15(23)13(20-26-19(27-28-20)11-3-4-11)7-16(10)25-21(30)14-8-24-29-9-12(22)6-17(31-2)18(14)29/h5-9,11H,3-4H2,1-2H3,(H,25,30)(H,26,27,28). The maximum atomic E-state index is 14.6. The number of halogens is 2. The molecule has 5 rings (SSSR count). The number of anilines is 1. The first-order valence-corrected chi connectivity index (χ1v) is 9.70. The van der Waals surface area contributed by atoms with Crippen LogP contribution in [0.4, 0.5) is 14.5 Å². The summed E-state index contributed by atoms with van der Waals surface area (Å²) in [5.41, 5.74) is 1.67. The summed E-state index contributed by atoms with van der Waals surface area (Å²) in [6.45, 7) is 1.69. The fourth-order valence-electron chi connectivity index (χ4n) is 3.49. The molecule has 0 aliphatic heterocycles. The predicted molar refractivity (Wildman–Crippen MR) is 108 cm³/mol. The third-order valence-corrected chi connectivity index (χ3v) is 5.29. The molecule has 0 spiro atoms. The number of carbonyl (C=O) groups is 1. The summed E-state index contributed by atoms with van der Waals surface area (Å²) in [5.74, 6) is 0.0713. The molecule has 0 atom stereocenters. The maximum Gasteiger partial charge on any atom is 0.259 e. The maximum absolute atomic E-state index is 14.6. The predicted octanol–water partition coefficient (Wildman–Crippen LogP) is 3.84. The van der Waals surface area contributed by atoms with E-state index in [1.165, 1.54) is 36.0 Å². The minimum atomic E-state index is -0.545. The Balaban J connectivity index is 1.50. The number of aromatic nitrogens is 5. The smallest absolute Gasteiger partial charge is 0.259 e. The minimum absolute atomic E-state index is 0.174. The van der Waals surface area contributed by atoms with Gasteiger partial charge in [-0.05, 0) is 37.5 Å². The molecule has 1 aliphatic rings. The zero-order valence-electron chi connectivity index (χ0n) is 16.7. The molecule has 8 nitrogen and oxygen atoms in total. The van der Waals surface area contributed by atoms with Gasteiger partial charge in [-0.2, -0.15) is 5.10 Å². The molecule has 10 heteroatoms. The first-order chi connectivity index (χ1) is 14.9. The number of pyridine rings is 1. The lowest BCUT2D eigenvalue weighted by molar-refractivity contribution is 0.102. The highest BCUT2D eigenvalue weighted by Crippen LogP contribution is 2.38. The van der Waals surface area contributed by atoms with Crippen molar-refractivity contribution in [2.75, 3.05) is 12.4 Å². The number of hydrogen-bond acceptors (Lipinski definition) is 5. The highest BCUT2D eigenvalue weighted by atomic mass is 19.1. The largest absolute Gasteiger partial charge is 0.494 e. The number of methoxy groups -OCH3 is 1. The van der Waals surface area contributed by atoms with Crippen LogP contribution in [0.15, 0.2) is 30.6 Å².